The normalized spacial score (nSPS) is 12.3. The SMILES string of the molecule is CCC(CO)CNc1cc(C)cc(C)c1OC. The second-order valence-corrected chi connectivity index (χ2v) is 4.50. The molecule has 0 fully saturated rings. The number of aryl methyl sites for hydroxylation is 2. The fraction of sp³-hybridized carbons (Fsp3) is 0.571. The molecule has 0 aliphatic rings. The van der Waals surface area contributed by atoms with Crippen LogP contribution in [-0.4, -0.2) is 25.4 Å². The highest BCUT2D eigenvalue weighted by atomic mass is 16.5. The minimum Gasteiger partial charge on any atom is -0.494 e. The number of rotatable bonds is 6. The number of ether oxygens (including phenoxy) is 1. The van der Waals surface area contributed by atoms with Gasteiger partial charge in [0.05, 0.1) is 12.8 Å². The van der Waals surface area contributed by atoms with Crippen molar-refractivity contribution in [3.05, 3.63) is 23.3 Å². The lowest BCUT2D eigenvalue weighted by atomic mass is 10.1. The number of aliphatic hydroxyl groups is 1. The molecule has 0 heterocycles. The molecule has 1 aromatic carbocycles. The van der Waals surface area contributed by atoms with Crippen molar-refractivity contribution in [1.29, 1.82) is 0 Å². The van der Waals surface area contributed by atoms with E-state index in [0.717, 1.165) is 30.0 Å². The van der Waals surface area contributed by atoms with E-state index in [1.807, 2.05) is 6.92 Å². The first-order valence-electron chi connectivity index (χ1n) is 6.12. The van der Waals surface area contributed by atoms with Crippen LogP contribution >= 0.6 is 0 Å². The molecule has 3 nitrogen and oxygen atoms in total. The first kappa shape index (κ1) is 13.8. The van der Waals surface area contributed by atoms with E-state index >= 15 is 0 Å². The van der Waals surface area contributed by atoms with Crippen LogP contribution in [0.4, 0.5) is 5.69 Å². The van der Waals surface area contributed by atoms with Gasteiger partial charge in [-0.25, -0.2) is 0 Å². The van der Waals surface area contributed by atoms with Gasteiger partial charge < -0.3 is 15.2 Å². The van der Waals surface area contributed by atoms with Crippen molar-refractivity contribution in [1.82, 2.24) is 0 Å². The average Bonchev–Trinajstić information content (AvgIpc) is 2.29. The summed E-state index contributed by atoms with van der Waals surface area (Å²) in [5.41, 5.74) is 3.35. The van der Waals surface area contributed by atoms with E-state index in [-0.39, 0.29) is 6.61 Å². The van der Waals surface area contributed by atoms with Gasteiger partial charge in [0, 0.05) is 13.2 Å². The number of nitrogens with one attached hydrogen (secondary N) is 1. The minimum atomic E-state index is 0.219. The molecule has 1 unspecified atom stereocenters. The highest BCUT2D eigenvalue weighted by molar-refractivity contribution is 5.61. The number of benzene rings is 1. The van der Waals surface area contributed by atoms with E-state index in [2.05, 4.69) is 31.3 Å². The van der Waals surface area contributed by atoms with Gasteiger partial charge in [0.25, 0.3) is 0 Å². The third-order valence-electron chi connectivity index (χ3n) is 3.04. The Kier molecular flexibility index (Phi) is 5.29. The van der Waals surface area contributed by atoms with Crippen LogP contribution in [0.25, 0.3) is 0 Å². The summed E-state index contributed by atoms with van der Waals surface area (Å²) in [6.07, 6.45) is 0.969. The summed E-state index contributed by atoms with van der Waals surface area (Å²) < 4.78 is 5.41. The quantitative estimate of drug-likeness (QED) is 0.799. The van der Waals surface area contributed by atoms with Gasteiger partial charge in [-0.15, -0.1) is 0 Å². The van der Waals surface area contributed by atoms with Crippen molar-refractivity contribution < 1.29 is 9.84 Å². The minimum absolute atomic E-state index is 0.219. The third-order valence-corrected chi connectivity index (χ3v) is 3.04. The van der Waals surface area contributed by atoms with Gasteiger partial charge in [-0.05, 0) is 43.4 Å². The molecule has 0 aliphatic carbocycles. The molecule has 96 valence electrons. The second kappa shape index (κ2) is 6.50. The van der Waals surface area contributed by atoms with Crippen molar-refractivity contribution >= 4 is 5.69 Å². The fourth-order valence-corrected chi connectivity index (χ4v) is 1.95. The predicted molar refractivity (Wildman–Crippen MR) is 71.8 cm³/mol. The summed E-state index contributed by atoms with van der Waals surface area (Å²) in [6, 6.07) is 4.18. The van der Waals surface area contributed by atoms with E-state index in [0.29, 0.717) is 5.92 Å². The Labute approximate surface area is 104 Å². The summed E-state index contributed by atoms with van der Waals surface area (Å²) >= 11 is 0. The fourth-order valence-electron chi connectivity index (χ4n) is 1.95. The molecule has 0 bridgehead atoms. The zero-order valence-electron chi connectivity index (χ0n) is 11.2. The molecule has 1 atom stereocenters. The average molecular weight is 237 g/mol. The highest BCUT2D eigenvalue weighted by Gasteiger charge is 2.09. The number of anilines is 1. The van der Waals surface area contributed by atoms with E-state index in [1.165, 1.54) is 5.56 Å². The zero-order valence-corrected chi connectivity index (χ0v) is 11.2. The van der Waals surface area contributed by atoms with Gasteiger partial charge in [0.1, 0.15) is 5.75 Å². The first-order valence-corrected chi connectivity index (χ1v) is 6.12. The lowest BCUT2D eigenvalue weighted by Gasteiger charge is -2.17. The maximum Gasteiger partial charge on any atom is 0.144 e. The molecule has 17 heavy (non-hydrogen) atoms. The largest absolute Gasteiger partial charge is 0.494 e. The van der Waals surface area contributed by atoms with Gasteiger partial charge in [-0.2, -0.15) is 0 Å². The van der Waals surface area contributed by atoms with E-state index in [4.69, 9.17) is 9.84 Å². The van der Waals surface area contributed by atoms with Crippen molar-refractivity contribution in [3.8, 4) is 5.75 Å². The Morgan fingerprint density at radius 2 is 2.06 bits per heavy atom. The first-order chi connectivity index (χ1) is 8.12. The zero-order chi connectivity index (χ0) is 12.8. The summed E-state index contributed by atoms with van der Waals surface area (Å²) in [5.74, 6) is 1.18. The molecule has 0 spiro atoms. The van der Waals surface area contributed by atoms with Crippen LogP contribution in [0.5, 0.6) is 5.75 Å². The predicted octanol–water partition coefficient (Wildman–Crippen LogP) is 2.74. The number of aliphatic hydroxyl groups excluding tert-OH is 1. The molecule has 0 aromatic heterocycles. The molecule has 0 radical (unpaired) electrons. The molecule has 0 saturated heterocycles. The van der Waals surface area contributed by atoms with Crippen molar-refractivity contribution in [3.63, 3.8) is 0 Å². The van der Waals surface area contributed by atoms with Crippen LogP contribution in [0.3, 0.4) is 0 Å². The second-order valence-electron chi connectivity index (χ2n) is 4.50. The smallest absolute Gasteiger partial charge is 0.144 e. The van der Waals surface area contributed by atoms with E-state index in [1.54, 1.807) is 7.11 Å². The molecule has 2 N–H and O–H groups in total. The monoisotopic (exact) mass is 237 g/mol. The van der Waals surface area contributed by atoms with Gasteiger partial charge >= 0.3 is 0 Å². The molecule has 1 aromatic rings. The van der Waals surface area contributed by atoms with Crippen LogP contribution in [-0.2, 0) is 0 Å². The van der Waals surface area contributed by atoms with Crippen molar-refractivity contribution in [2.24, 2.45) is 5.92 Å². The van der Waals surface area contributed by atoms with Crippen molar-refractivity contribution in [2.45, 2.75) is 27.2 Å². The maximum atomic E-state index is 9.17. The maximum absolute atomic E-state index is 9.17. The lowest BCUT2D eigenvalue weighted by molar-refractivity contribution is 0.230. The van der Waals surface area contributed by atoms with Gasteiger partial charge in [0.15, 0.2) is 0 Å². The number of hydrogen-bond acceptors (Lipinski definition) is 3. The van der Waals surface area contributed by atoms with Gasteiger partial charge in [-0.1, -0.05) is 13.0 Å². The van der Waals surface area contributed by atoms with Gasteiger partial charge in [-0.3, -0.25) is 0 Å². The Morgan fingerprint density at radius 1 is 1.35 bits per heavy atom. The standard InChI is InChI=1S/C14H23NO2/c1-5-12(9-16)8-15-13-7-10(2)6-11(3)14(13)17-4/h6-7,12,15-16H,5,8-9H2,1-4H3. The molecule has 3 heteroatoms. The molecule has 0 saturated carbocycles. The summed E-state index contributed by atoms with van der Waals surface area (Å²) in [4.78, 5) is 0. The highest BCUT2D eigenvalue weighted by Crippen LogP contribution is 2.30. The van der Waals surface area contributed by atoms with E-state index < -0.39 is 0 Å². The number of hydrogen-bond donors (Lipinski definition) is 2. The van der Waals surface area contributed by atoms with E-state index in [9.17, 15) is 0 Å². The number of methoxy groups -OCH3 is 1. The molecular formula is C14H23NO2. The van der Waals surface area contributed by atoms with Crippen LogP contribution in [0.1, 0.15) is 24.5 Å². The topological polar surface area (TPSA) is 41.5 Å². The van der Waals surface area contributed by atoms with Crippen molar-refractivity contribution in [2.75, 3.05) is 25.6 Å². The molecular weight excluding hydrogens is 214 g/mol. The summed E-state index contributed by atoms with van der Waals surface area (Å²) in [5, 5.41) is 12.5. The Bertz CT molecular complexity index is 359. The van der Waals surface area contributed by atoms with Crippen LogP contribution < -0.4 is 10.1 Å². The summed E-state index contributed by atoms with van der Waals surface area (Å²) in [6.45, 7) is 7.19. The third kappa shape index (κ3) is 3.63. The van der Waals surface area contributed by atoms with Gasteiger partial charge in [0.2, 0.25) is 0 Å². The Morgan fingerprint density at radius 3 is 2.59 bits per heavy atom. The van der Waals surface area contributed by atoms with Crippen LogP contribution in [0, 0.1) is 19.8 Å². The van der Waals surface area contributed by atoms with Crippen LogP contribution in [0.2, 0.25) is 0 Å². The molecule has 1 rings (SSSR count). The lowest BCUT2D eigenvalue weighted by Crippen LogP contribution is -2.17. The molecule has 0 amide bonds. The Hall–Kier alpha value is -1.22. The van der Waals surface area contributed by atoms with Crippen LogP contribution in [0.15, 0.2) is 12.1 Å². The summed E-state index contributed by atoms with van der Waals surface area (Å²) in [7, 11) is 1.69. The molecule has 0 aliphatic heterocycles. The Balaban J connectivity index is 2.82.